The molecule has 5 heteroatoms. The van der Waals surface area contributed by atoms with Crippen LogP contribution in [-0.2, 0) is 0 Å². The van der Waals surface area contributed by atoms with E-state index in [0.29, 0.717) is 5.02 Å². The number of hydrogen-bond acceptors (Lipinski definition) is 2. The topological polar surface area (TPSA) is 40.2 Å². The van der Waals surface area contributed by atoms with E-state index >= 15 is 0 Å². The standard InChI is InChI=1S/C17H13Cl2N3/c18-11-3-1-10(2-4-11)16-15(17-20-7-8-21-17)13-9-12(19)5-6-14(13)22-16/h1-6,9,22H,7-8H2,(H,20,21). The molecule has 1 aromatic heterocycles. The smallest absolute Gasteiger partial charge is 0.131 e. The van der Waals surface area contributed by atoms with E-state index in [1.807, 2.05) is 42.5 Å². The van der Waals surface area contributed by atoms with Crippen LogP contribution in [0.4, 0.5) is 0 Å². The Hall–Kier alpha value is -1.97. The van der Waals surface area contributed by atoms with Crippen molar-refractivity contribution in [3.63, 3.8) is 0 Å². The fraction of sp³-hybridized carbons (Fsp3) is 0.118. The Morgan fingerprint density at radius 1 is 0.955 bits per heavy atom. The maximum Gasteiger partial charge on any atom is 0.131 e. The molecule has 0 saturated carbocycles. The molecular weight excluding hydrogens is 317 g/mol. The zero-order valence-electron chi connectivity index (χ0n) is 11.7. The van der Waals surface area contributed by atoms with Gasteiger partial charge < -0.3 is 10.3 Å². The fourth-order valence-electron chi connectivity index (χ4n) is 2.81. The molecule has 0 amide bonds. The van der Waals surface area contributed by atoms with Gasteiger partial charge in [0.05, 0.1) is 12.2 Å². The number of hydrogen-bond donors (Lipinski definition) is 2. The third-order valence-electron chi connectivity index (χ3n) is 3.80. The van der Waals surface area contributed by atoms with Gasteiger partial charge in [-0.2, -0.15) is 0 Å². The molecule has 0 aliphatic carbocycles. The van der Waals surface area contributed by atoms with Gasteiger partial charge in [-0.05, 0) is 35.9 Å². The van der Waals surface area contributed by atoms with Gasteiger partial charge in [0.2, 0.25) is 0 Å². The van der Waals surface area contributed by atoms with Crippen LogP contribution in [0.25, 0.3) is 22.2 Å². The van der Waals surface area contributed by atoms with E-state index in [4.69, 9.17) is 23.2 Å². The van der Waals surface area contributed by atoms with Crippen molar-refractivity contribution in [1.82, 2.24) is 10.3 Å². The van der Waals surface area contributed by atoms with Gasteiger partial charge in [-0.15, -0.1) is 0 Å². The van der Waals surface area contributed by atoms with Gasteiger partial charge in [0.15, 0.2) is 0 Å². The highest BCUT2D eigenvalue weighted by atomic mass is 35.5. The zero-order chi connectivity index (χ0) is 15.1. The van der Waals surface area contributed by atoms with E-state index in [9.17, 15) is 0 Å². The summed E-state index contributed by atoms with van der Waals surface area (Å²) >= 11 is 12.2. The lowest BCUT2D eigenvalue weighted by Crippen LogP contribution is -2.19. The number of halogens is 2. The molecule has 22 heavy (non-hydrogen) atoms. The van der Waals surface area contributed by atoms with Gasteiger partial charge >= 0.3 is 0 Å². The molecule has 0 bridgehead atoms. The Bertz CT molecular complexity index is 879. The summed E-state index contributed by atoms with van der Waals surface area (Å²) in [6.45, 7) is 1.66. The predicted molar refractivity (Wildman–Crippen MR) is 93.2 cm³/mol. The van der Waals surface area contributed by atoms with Crippen LogP contribution >= 0.6 is 23.2 Å². The number of amidine groups is 1. The van der Waals surface area contributed by atoms with E-state index < -0.39 is 0 Å². The van der Waals surface area contributed by atoms with Crippen molar-refractivity contribution in [2.75, 3.05) is 13.1 Å². The highest BCUT2D eigenvalue weighted by Gasteiger charge is 2.20. The van der Waals surface area contributed by atoms with Crippen molar-refractivity contribution in [3.8, 4) is 11.3 Å². The maximum atomic E-state index is 6.18. The third kappa shape index (κ3) is 2.27. The van der Waals surface area contributed by atoms with Crippen molar-refractivity contribution in [2.45, 2.75) is 0 Å². The van der Waals surface area contributed by atoms with Gasteiger partial charge in [0.25, 0.3) is 0 Å². The van der Waals surface area contributed by atoms with E-state index in [-0.39, 0.29) is 0 Å². The second kappa shape index (κ2) is 5.34. The molecule has 2 heterocycles. The predicted octanol–water partition coefficient (Wildman–Crippen LogP) is 4.49. The minimum Gasteiger partial charge on any atom is -0.368 e. The molecule has 3 aromatic rings. The summed E-state index contributed by atoms with van der Waals surface area (Å²) in [5.74, 6) is 0.915. The Morgan fingerprint density at radius 3 is 2.45 bits per heavy atom. The number of nitrogens with one attached hydrogen (secondary N) is 2. The zero-order valence-corrected chi connectivity index (χ0v) is 13.2. The Morgan fingerprint density at radius 2 is 1.73 bits per heavy atom. The average molecular weight is 330 g/mol. The highest BCUT2D eigenvalue weighted by molar-refractivity contribution is 6.32. The molecule has 1 aliphatic heterocycles. The molecule has 2 N–H and O–H groups in total. The number of aromatic nitrogens is 1. The Balaban J connectivity index is 2.00. The van der Waals surface area contributed by atoms with Crippen molar-refractivity contribution in [2.24, 2.45) is 4.99 Å². The summed E-state index contributed by atoms with van der Waals surface area (Å²) in [6, 6.07) is 13.7. The quantitative estimate of drug-likeness (QED) is 0.714. The average Bonchev–Trinajstić information content (AvgIpc) is 3.14. The number of aliphatic imine (C=N–C) groups is 1. The number of benzene rings is 2. The first-order valence-corrected chi connectivity index (χ1v) is 7.84. The molecule has 1 aliphatic rings. The van der Waals surface area contributed by atoms with Crippen LogP contribution in [0.2, 0.25) is 10.0 Å². The number of rotatable bonds is 2. The molecule has 0 atom stereocenters. The number of aromatic amines is 1. The summed E-state index contributed by atoms with van der Waals surface area (Å²) in [5.41, 5.74) is 4.21. The molecule has 0 saturated heterocycles. The third-order valence-corrected chi connectivity index (χ3v) is 4.29. The second-order valence-corrected chi connectivity index (χ2v) is 6.10. The highest BCUT2D eigenvalue weighted by Crippen LogP contribution is 2.33. The van der Waals surface area contributed by atoms with Crippen LogP contribution in [0.5, 0.6) is 0 Å². The fourth-order valence-corrected chi connectivity index (χ4v) is 3.11. The van der Waals surface area contributed by atoms with Crippen molar-refractivity contribution >= 4 is 39.9 Å². The summed E-state index contributed by atoms with van der Waals surface area (Å²) in [4.78, 5) is 8.06. The largest absolute Gasteiger partial charge is 0.368 e. The van der Waals surface area contributed by atoms with E-state index in [1.165, 1.54) is 0 Å². The first-order chi connectivity index (χ1) is 10.7. The van der Waals surface area contributed by atoms with Gasteiger partial charge in [0.1, 0.15) is 5.84 Å². The Kier molecular flexibility index (Phi) is 3.32. The molecule has 0 unspecified atom stereocenters. The summed E-state index contributed by atoms with van der Waals surface area (Å²) < 4.78 is 0. The summed E-state index contributed by atoms with van der Waals surface area (Å²) in [5, 5.41) is 5.87. The first-order valence-electron chi connectivity index (χ1n) is 7.08. The van der Waals surface area contributed by atoms with Gasteiger partial charge in [0, 0.05) is 33.1 Å². The number of fused-ring (bicyclic) bond motifs is 1. The van der Waals surface area contributed by atoms with Crippen LogP contribution in [0, 0.1) is 0 Å². The van der Waals surface area contributed by atoms with Crippen molar-refractivity contribution in [3.05, 3.63) is 58.1 Å². The van der Waals surface area contributed by atoms with Crippen LogP contribution < -0.4 is 5.32 Å². The number of H-pyrrole nitrogens is 1. The lowest BCUT2D eigenvalue weighted by Gasteiger charge is -2.06. The monoisotopic (exact) mass is 329 g/mol. The molecular formula is C17H13Cl2N3. The molecule has 4 rings (SSSR count). The van der Waals surface area contributed by atoms with E-state index in [0.717, 1.165) is 51.7 Å². The summed E-state index contributed by atoms with van der Waals surface area (Å²) in [6.07, 6.45) is 0. The van der Waals surface area contributed by atoms with E-state index in [1.54, 1.807) is 0 Å². The van der Waals surface area contributed by atoms with Gasteiger partial charge in [-0.1, -0.05) is 35.3 Å². The van der Waals surface area contributed by atoms with Crippen molar-refractivity contribution < 1.29 is 0 Å². The number of nitrogens with zero attached hydrogens (tertiary/aromatic N) is 1. The van der Waals surface area contributed by atoms with Crippen LogP contribution in [-0.4, -0.2) is 23.9 Å². The molecule has 0 fully saturated rings. The van der Waals surface area contributed by atoms with Crippen LogP contribution in [0.15, 0.2) is 47.5 Å². The van der Waals surface area contributed by atoms with Crippen LogP contribution in [0.3, 0.4) is 0 Å². The summed E-state index contributed by atoms with van der Waals surface area (Å²) in [7, 11) is 0. The SMILES string of the molecule is Clc1ccc(-c2[nH]c3ccc(Cl)cc3c2C2=NCCN2)cc1. The maximum absolute atomic E-state index is 6.18. The second-order valence-electron chi connectivity index (χ2n) is 5.23. The minimum absolute atomic E-state index is 0.717. The minimum atomic E-state index is 0.717. The molecule has 2 aromatic carbocycles. The molecule has 0 spiro atoms. The molecule has 0 radical (unpaired) electrons. The van der Waals surface area contributed by atoms with Gasteiger partial charge in [-0.25, -0.2) is 0 Å². The first kappa shape index (κ1) is 13.7. The lowest BCUT2D eigenvalue weighted by atomic mass is 10.0. The van der Waals surface area contributed by atoms with E-state index in [2.05, 4.69) is 15.3 Å². The van der Waals surface area contributed by atoms with Crippen LogP contribution in [0.1, 0.15) is 5.56 Å². The Labute approximate surface area is 138 Å². The normalized spacial score (nSPS) is 14.2. The lowest BCUT2D eigenvalue weighted by molar-refractivity contribution is 0.960. The van der Waals surface area contributed by atoms with Gasteiger partial charge in [-0.3, -0.25) is 4.99 Å². The van der Waals surface area contributed by atoms with Crippen molar-refractivity contribution in [1.29, 1.82) is 0 Å². The molecule has 110 valence electrons. The molecule has 3 nitrogen and oxygen atoms in total.